The predicted octanol–water partition coefficient (Wildman–Crippen LogP) is 2.05. The molecule has 82 valence electrons. The molecule has 2 rings (SSSR count). The molecule has 1 fully saturated rings. The van der Waals surface area contributed by atoms with Crippen molar-refractivity contribution in [3.63, 3.8) is 0 Å². The molecule has 3 heteroatoms. The lowest BCUT2D eigenvalue weighted by Crippen LogP contribution is -2.34. The number of morpholine rings is 1. The second kappa shape index (κ2) is 4.73. The molecule has 15 heavy (non-hydrogen) atoms. The van der Waals surface area contributed by atoms with Gasteiger partial charge in [-0.25, -0.2) is 4.39 Å². The molecule has 0 bridgehead atoms. The van der Waals surface area contributed by atoms with E-state index in [0.717, 1.165) is 30.7 Å². The quantitative estimate of drug-likeness (QED) is 0.805. The number of aryl methyl sites for hydroxylation is 1. The summed E-state index contributed by atoms with van der Waals surface area (Å²) in [6, 6.07) is 5.37. The van der Waals surface area contributed by atoms with Gasteiger partial charge >= 0.3 is 0 Å². The van der Waals surface area contributed by atoms with Gasteiger partial charge in [0.05, 0.1) is 19.3 Å². The molecular weight excluding hydrogens is 193 g/mol. The Bertz CT molecular complexity index is 334. The lowest BCUT2D eigenvalue weighted by molar-refractivity contribution is 0.0768. The Labute approximate surface area is 89.4 Å². The summed E-state index contributed by atoms with van der Waals surface area (Å²) < 4.78 is 18.7. The molecular formula is C12H16FNO. The average molecular weight is 209 g/mol. The number of halogens is 1. The van der Waals surface area contributed by atoms with Crippen molar-refractivity contribution in [1.82, 2.24) is 5.32 Å². The maximum atomic E-state index is 13.3. The Balaban J connectivity index is 2.22. The second-order valence-electron chi connectivity index (χ2n) is 3.83. The first kappa shape index (κ1) is 10.6. The number of hydrogen-bond acceptors (Lipinski definition) is 2. The molecule has 1 aliphatic rings. The van der Waals surface area contributed by atoms with Crippen molar-refractivity contribution in [2.45, 2.75) is 19.4 Å². The number of ether oxygens (including phenoxy) is 1. The van der Waals surface area contributed by atoms with E-state index in [2.05, 4.69) is 11.4 Å². The molecule has 2 nitrogen and oxygen atoms in total. The summed E-state index contributed by atoms with van der Waals surface area (Å²) in [5.74, 6) is -0.156. The molecule has 1 aromatic rings. The van der Waals surface area contributed by atoms with Gasteiger partial charge in [0.2, 0.25) is 0 Å². The molecule has 0 aromatic heterocycles. The van der Waals surface area contributed by atoms with E-state index in [9.17, 15) is 4.39 Å². The molecule has 0 radical (unpaired) electrons. The summed E-state index contributed by atoms with van der Waals surface area (Å²) in [6.07, 6.45) is 0.859. The van der Waals surface area contributed by atoms with Crippen LogP contribution in [0, 0.1) is 5.82 Å². The van der Waals surface area contributed by atoms with Gasteiger partial charge in [-0.2, -0.15) is 0 Å². The van der Waals surface area contributed by atoms with Gasteiger partial charge in [-0.3, -0.25) is 0 Å². The van der Waals surface area contributed by atoms with Crippen LogP contribution in [0.2, 0.25) is 0 Å². The average Bonchev–Trinajstić information content (AvgIpc) is 2.29. The summed E-state index contributed by atoms with van der Waals surface area (Å²) in [7, 11) is 0. The third kappa shape index (κ3) is 2.55. The Morgan fingerprint density at radius 2 is 2.33 bits per heavy atom. The van der Waals surface area contributed by atoms with E-state index in [1.165, 1.54) is 0 Å². The van der Waals surface area contributed by atoms with E-state index in [4.69, 9.17) is 4.74 Å². The van der Waals surface area contributed by atoms with Crippen LogP contribution in [0.3, 0.4) is 0 Å². The molecule has 0 aliphatic carbocycles. The molecule has 1 heterocycles. The number of benzene rings is 1. The third-order valence-electron chi connectivity index (χ3n) is 2.71. The molecule has 0 saturated carbocycles. The summed E-state index contributed by atoms with van der Waals surface area (Å²) in [5, 5.41) is 3.32. The highest BCUT2D eigenvalue weighted by Gasteiger charge is 2.16. The van der Waals surface area contributed by atoms with E-state index in [0.29, 0.717) is 6.61 Å². The fourth-order valence-corrected chi connectivity index (χ4v) is 1.86. The van der Waals surface area contributed by atoms with Crippen LogP contribution in [0.25, 0.3) is 0 Å². The second-order valence-corrected chi connectivity index (χ2v) is 3.83. The highest BCUT2D eigenvalue weighted by molar-refractivity contribution is 5.27. The zero-order valence-electron chi connectivity index (χ0n) is 8.92. The minimum absolute atomic E-state index is 0.139. The van der Waals surface area contributed by atoms with Crippen LogP contribution < -0.4 is 5.32 Å². The van der Waals surface area contributed by atoms with Crippen LogP contribution in [-0.2, 0) is 11.2 Å². The first-order chi connectivity index (χ1) is 7.29. The number of hydrogen-bond donors (Lipinski definition) is 1. The fraction of sp³-hybridized carbons (Fsp3) is 0.500. The lowest BCUT2D eigenvalue weighted by Gasteiger charge is -2.24. The maximum Gasteiger partial charge on any atom is 0.123 e. The fourth-order valence-electron chi connectivity index (χ4n) is 1.86. The molecule has 1 aliphatic heterocycles. The van der Waals surface area contributed by atoms with Gasteiger partial charge in [-0.05, 0) is 29.7 Å². The first-order valence-electron chi connectivity index (χ1n) is 5.40. The molecule has 0 amide bonds. The van der Waals surface area contributed by atoms with E-state index >= 15 is 0 Å². The molecule has 1 atom stereocenters. The minimum atomic E-state index is -0.156. The van der Waals surface area contributed by atoms with Crippen molar-refractivity contribution < 1.29 is 9.13 Å². The van der Waals surface area contributed by atoms with Crippen molar-refractivity contribution in [2.24, 2.45) is 0 Å². The molecule has 1 saturated heterocycles. The highest BCUT2D eigenvalue weighted by Crippen LogP contribution is 2.19. The maximum absolute atomic E-state index is 13.3. The summed E-state index contributed by atoms with van der Waals surface area (Å²) in [4.78, 5) is 0. The summed E-state index contributed by atoms with van der Waals surface area (Å²) in [6.45, 7) is 4.24. The van der Waals surface area contributed by atoms with Gasteiger partial charge in [0.15, 0.2) is 0 Å². The van der Waals surface area contributed by atoms with Crippen LogP contribution in [0.4, 0.5) is 4.39 Å². The standard InChI is InChI=1S/C12H16FNO/c1-2-9-5-10(7-11(13)6-9)12-8-15-4-3-14-12/h5-7,12,14H,2-4,8H2,1H3. The Kier molecular flexibility index (Phi) is 3.34. The molecule has 0 spiro atoms. The lowest BCUT2D eigenvalue weighted by atomic mass is 10.0. The van der Waals surface area contributed by atoms with Crippen LogP contribution in [-0.4, -0.2) is 19.8 Å². The summed E-state index contributed by atoms with van der Waals surface area (Å²) in [5.41, 5.74) is 2.03. The third-order valence-corrected chi connectivity index (χ3v) is 2.71. The summed E-state index contributed by atoms with van der Waals surface area (Å²) >= 11 is 0. The van der Waals surface area contributed by atoms with Crippen molar-refractivity contribution in [3.8, 4) is 0 Å². The van der Waals surface area contributed by atoms with E-state index in [1.807, 2.05) is 6.92 Å². The van der Waals surface area contributed by atoms with Crippen molar-refractivity contribution in [3.05, 3.63) is 35.1 Å². The van der Waals surface area contributed by atoms with Crippen molar-refractivity contribution in [2.75, 3.05) is 19.8 Å². The van der Waals surface area contributed by atoms with Crippen molar-refractivity contribution in [1.29, 1.82) is 0 Å². The Morgan fingerprint density at radius 1 is 1.47 bits per heavy atom. The SMILES string of the molecule is CCc1cc(F)cc(C2COCCN2)c1. The van der Waals surface area contributed by atoms with Crippen LogP contribution in [0.15, 0.2) is 18.2 Å². The molecule has 1 aromatic carbocycles. The van der Waals surface area contributed by atoms with Gasteiger partial charge in [-0.1, -0.05) is 13.0 Å². The first-order valence-corrected chi connectivity index (χ1v) is 5.40. The zero-order valence-corrected chi connectivity index (χ0v) is 8.92. The van der Waals surface area contributed by atoms with Crippen molar-refractivity contribution >= 4 is 0 Å². The van der Waals surface area contributed by atoms with Crippen LogP contribution >= 0.6 is 0 Å². The molecule has 1 unspecified atom stereocenters. The van der Waals surface area contributed by atoms with E-state index in [-0.39, 0.29) is 11.9 Å². The monoisotopic (exact) mass is 209 g/mol. The van der Waals surface area contributed by atoms with Gasteiger partial charge in [0.1, 0.15) is 5.82 Å². The molecule has 1 N–H and O–H groups in total. The largest absolute Gasteiger partial charge is 0.378 e. The smallest absolute Gasteiger partial charge is 0.123 e. The van der Waals surface area contributed by atoms with Crippen LogP contribution in [0.1, 0.15) is 24.1 Å². The zero-order chi connectivity index (χ0) is 10.7. The Morgan fingerprint density at radius 3 is 3.00 bits per heavy atom. The van der Waals surface area contributed by atoms with Gasteiger partial charge in [0.25, 0.3) is 0 Å². The topological polar surface area (TPSA) is 21.3 Å². The van der Waals surface area contributed by atoms with Crippen LogP contribution in [0.5, 0.6) is 0 Å². The number of nitrogens with one attached hydrogen (secondary N) is 1. The highest BCUT2D eigenvalue weighted by atomic mass is 19.1. The number of rotatable bonds is 2. The Hall–Kier alpha value is -0.930. The van der Waals surface area contributed by atoms with Gasteiger partial charge in [0, 0.05) is 6.54 Å². The van der Waals surface area contributed by atoms with Gasteiger partial charge in [-0.15, -0.1) is 0 Å². The predicted molar refractivity (Wildman–Crippen MR) is 57.3 cm³/mol. The normalized spacial score (nSPS) is 21.6. The van der Waals surface area contributed by atoms with E-state index in [1.54, 1.807) is 12.1 Å². The van der Waals surface area contributed by atoms with Gasteiger partial charge < -0.3 is 10.1 Å². The minimum Gasteiger partial charge on any atom is -0.378 e. The van der Waals surface area contributed by atoms with E-state index < -0.39 is 0 Å².